The van der Waals surface area contributed by atoms with Crippen LogP contribution in [0, 0.1) is 5.82 Å². The summed E-state index contributed by atoms with van der Waals surface area (Å²) in [6.45, 7) is 0.374. The number of sulfonamides is 1. The lowest BCUT2D eigenvalue weighted by Crippen LogP contribution is -2.28. The minimum atomic E-state index is -3.54. The van der Waals surface area contributed by atoms with Gasteiger partial charge in [0, 0.05) is 24.8 Å². The molecule has 0 spiro atoms. The lowest BCUT2D eigenvalue weighted by Gasteiger charge is -2.17. The maximum absolute atomic E-state index is 13.0. The van der Waals surface area contributed by atoms with Crippen LogP contribution in [0.25, 0.3) is 11.3 Å². The van der Waals surface area contributed by atoms with E-state index in [2.05, 4.69) is 10.2 Å². The van der Waals surface area contributed by atoms with E-state index >= 15 is 0 Å². The molecule has 0 fully saturated rings. The largest absolute Gasteiger partial charge is 0.497 e. The van der Waals surface area contributed by atoms with Crippen LogP contribution in [0.1, 0.15) is 12.1 Å². The molecular weight excluding hydrogens is 381 g/mol. The first kappa shape index (κ1) is 20.0. The van der Waals surface area contributed by atoms with Crippen molar-refractivity contribution in [3.05, 3.63) is 66.1 Å². The van der Waals surface area contributed by atoms with Gasteiger partial charge in [0.1, 0.15) is 11.6 Å². The third-order valence-electron chi connectivity index (χ3n) is 4.46. The van der Waals surface area contributed by atoms with E-state index in [4.69, 9.17) is 4.74 Å². The first-order valence-corrected chi connectivity index (χ1v) is 10.2. The van der Waals surface area contributed by atoms with Gasteiger partial charge < -0.3 is 4.74 Å². The number of methoxy groups -OCH3 is 1. The molecule has 1 N–H and O–H groups in total. The van der Waals surface area contributed by atoms with Crippen LogP contribution in [0.2, 0.25) is 0 Å². The third kappa shape index (κ3) is 4.58. The Bertz CT molecular complexity index is 1020. The lowest BCUT2D eigenvalue weighted by molar-refractivity contribution is 0.414. The lowest BCUT2D eigenvalue weighted by atomic mass is 10.1. The Morgan fingerprint density at radius 1 is 1.11 bits per heavy atom. The fourth-order valence-corrected chi connectivity index (χ4v) is 4.01. The normalized spacial score (nSPS) is 11.7. The Kier molecular flexibility index (Phi) is 6.11. The van der Waals surface area contributed by atoms with E-state index in [0.717, 1.165) is 17.0 Å². The summed E-state index contributed by atoms with van der Waals surface area (Å²) in [4.78, 5) is 0.232. The number of nitrogens with one attached hydrogen (secondary N) is 1. The molecule has 0 saturated heterocycles. The van der Waals surface area contributed by atoms with Gasteiger partial charge in [0.25, 0.3) is 0 Å². The van der Waals surface area contributed by atoms with Crippen molar-refractivity contribution < 1.29 is 17.5 Å². The van der Waals surface area contributed by atoms with E-state index in [9.17, 15) is 12.8 Å². The van der Waals surface area contributed by atoms with E-state index in [1.807, 2.05) is 6.07 Å². The molecule has 3 aromatic rings. The van der Waals surface area contributed by atoms with Gasteiger partial charge in [0.2, 0.25) is 10.0 Å². The van der Waals surface area contributed by atoms with Gasteiger partial charge in [-0.2, -0.15) is 5.10 Å². The average Bonchev–Trinajstić information content (AvgIpc) is 3.17. The number of aromatic nitrogens is 2. The van der Waals surface area contributed by atoms with Gasteiger partial charge in [-0.05, 0) is 67.4 Å². The molecule has 0 saturated carbocycles. The fourth-order valence-electron chi connectivity index (χ4n) is 2.80. The highest BCUT2D eigenvalue weighted by molar-refractivity contribution is 7.89. The zero-order valence-corrected chi connectivity index (χ0v) is 16.5. The molecule has 0 radical (unpaired) electrons. The summed E-state index contributed by atoms with van der Waals surface area (Å²) in [6, 6.07) is 14.3. The summed E-state index contributed by atoms with van der Waals surface area (Å²) >= 11 is 0. The predicted molar refractivity (Wildman–Crippen MR) is 105 cm³/mol. The van der Waals surface area contributed by atoms with Gasteiger partial charge in [-0.15, -0.1) is 0 Å². The smallest absolute Gasteiger partial charge is 0.242 e. The van der Waals surface area contributed by atoms with Gasteiger partial charge in [-0.25, -0.2) is 17.1 Å². The zero-order valence-electron chi connectivity index (χ0n) is 15.7. The molecule has 8 heteroatoms. The molecule has 0 amide bonds. The molecule has 6 nitrogen and oxygen atoms in total. The number of ether oxygens (including phenoxy) is 1. The Hall–Kier alpha value is -2.71. The highest BCUT2D eigenvalue weighted by atomic mass is 32.2. The van der Waals surface area contributed by atoms with Gasteiger partial charge in [-0.1, -0.05) is 0 Å². The SMILES string of the molecule is COc1ccc(S(=O)(=O)N(C)CCCc2cc(-c3ccc(F)cc3)n[nH]2)cc1. The summed E-state index contributed by atoms with van der Waals surface area (Å²) in [6.07, 6.45) is 1.29. The number of hydrogen-bond acceptors (Lipinski definition) is 4. The Morgan fingerprint density at radius 3 is 2.43 bits per heavy atom. The summed E-state index contributed by atoms with van der Waals surface area (Å²) in [5.41, 5.74) is 2.45. The molecule has 0 aliphatic rings. The topological polar surface area (TPSA) is 75.3 Å². The number of hydrogen-bond donors (Lipinski definition) is 1. The number of H-pyrrole nitrogens is 1. The van der Waals surface area contributed by atoms with Crippen LogP contribution < -0.4 is 4.74 Å². The van der Waals surface area contributed by atoms with E-state index in [1.54, 1.807) is 31.3 Å². The van der Waals surface area contributed by atoms with Crippen molar-refractivity contribution in [1.82, 2.24) is 14.5 Å². The standard InChI is InChI=1S/C20H22FN3O3S/c1-24(28(25,26)19-11-9-18(27-2)10-12-19)13-3-4-17-14-20(23-22-17)15-5-7-16(21)8-6-15/h5-12,14H,3-4,13H2,1-2H3,(H,22,23). The molecule has 2 aromatic carbocycles. The molecule has 148 valence electrons. The molecule has 28 heavy (non-hydrogen) atoms. The second-order valence-corrected chi connectivity index (χ2v) is 8.44. The Morgan fingerprint density at radius 2 is 1.79 bits per heavy atom. The Balaban J connectivity index is 1.57. The van der Waals surface area contributed by atoms with Crippen molar-refractivity contribution in [2.75, 3.05) is 20.7 Å². The number of nitrogens with zero attached hydrogens (tertiary/aromatic N) is 2. The van der Waals surface area contributed by atoms with Crippen LogP contribution in [0.15, 0.2) is 59.5 Å². The second kappa shape index (κ2) is 8.53. The van der Waals surface area contributed by atoms with Crippen LogP contribution >= 0.6 is 0 Å². The van der Waals surface area contributed by atoms with Gasteiger partial charge in [-0.3, -0.25) is 5.10 Å². The van der Waals surface area contributed by atoms with Crippen LogP contribution in [0.4, 0.5) is 4.39 Å². The molecule has 3 rings (SSSR count). The number of rotatable bonds is 8. The number of halogens is 1. The van der Waals surface area contributed by atoms with Gasteiger partial charge in [0.05, 0.1) is 17.7 Å². The van der Waals surface area contributed by atoms with Crippen molar-refractivity contribution in [3.63, 3.8) is 0 Å². The predicted octanol–water partition coefficient (Wildman–Crippen LogP) is 3.48. The molecular formula is C20H22FN3O3S. The number of benzene rings is 2. The van der Waals surface area contributed by atoms with Crippen molar-refractivity contribution in [1.29, 1.82) is 0 Å². The minimum Gasteiger partial charge on any atom is -0.497 e. The monoisotopic (exact) mass is 403 g/mol. The zero-order chi connectivity index (χ0) is 20.1. The van der Waals surface area contributed by atoms with Crippen molar-refractivity contribution in [2.24, 2.45) is 0 Å². The maximum Gasteiger partial charge on any atom is 0.242 e. The van der Waals surface area contributed by atoms with Crippen LogP contribution in [0.5, 0.6) is 5.75 Å². The van der Waals surface area contributed by atoms with Crippen LogP contribution in [-0.2, 0) is 16.4 Å². The molecule has 1 heterocycles. The summed E-state index contributed by atoms with van der Waals surface area (Å²) < 4.78 is 44.7. The fraction of sp³-hybridized carbons (Fsp3) is 0.250. The molecule has 1 aromatic heterocycles. The first-order valence-electron chi connectivity index (χ1n) is 8.81. The van der Waals surface area contributed by atoms with E-state index in [0.29, 0.717) is 25.1 Å². The van der Waals surface area contributed by atoms with E-state index < -0.39 is 10.0 Å². The van der Waals surface area contributed by atoms with Crippen molar-refractivity contribution >= 4 is 10.0 Å². The molecule has 0 aliphatic heterocycles. The van der Waals surface area contributed by atoms with E-state index in [-0.39, 0.29) is 10.7 Å². The third-order valence-corrected chi connectivity index (χ3v) is 6.33. The maximum atomic E-state index is 13.0. The quantitative estimate of drug-likeness (QED) is 0.625. The van der Waals surface area contributed by atoms with Gasteiger partial charge >= 0.3 is 0 Å². The van der Waals surface area contributed by atoms with Crippen molar-refractivity contribution in [3.8, 4) is 17.0 Å². The minimum absolute atomic E-state index is 0.232. The first-order chi connectivity index (χ1) is 13.4. The van der Waals surface area contributed by atoms with Crippen molar-refractivity contribution in [2.45, 2.75) is 17.7 Å². The second-order valence-electron chi connectivity index (χ2n) is 6.39. The van der Waals surface area contributed by atoms with Crippen LogP contribution in [-0.4, -0.2) is 43.6 Å². The average molecular weight is 403 g/mol. The highest BCUT2D eigenvalue weighted by Crippen LogP contribution is 2.20. The van der Waals surface area contributed by atoms with Gasteiger partial charge in [0.15, 0.2) is 0 Å². The molecule has 0 atom stereocenters. The van der Waals surface area contributed by atoms with Crippen LogP contribution in [0.3, 0.4) is 0 Å². The molecule has 0 unspecified atom stereocenters. The number of aromatic amines is 1. The summed E-state index contributed by atoms with van der Waals surface area (Å²) in [5.74, 6) is 0.318. The Labute approximate surface area is 164 Å². The highest BCUT2D eigenvalue weighted by Gasteiger charge is 2.20. The number of aryl methyl sites for hydroxylation is 1. The van der Waals surface area contributed by atoms with E-state index in [1.165, 1.54) is 35.7 Å². The summed E-state index contributed by atoms with van der Waals surface area (Å²) in [5, 5.41) is 7.19. The molecule has 0 aliphatic carbocycles. The summed E-state index contributed by atoms with van der Waals surface area (Å²) in [7, 11) is -0.444. The molecule has 0 bridgehead atoms.